The van der Waals surface area contributed by atoms with E-state index in [0.717, 1.165) is 0 Å². The average Bonchev–Trinajstić information content (AvgIpc) is 1.25. The molecule has 0 saturated heterocycles. The van der Waals surface area contributed by atoms with Crippen LogP contribution in [0.15, 0.2) is 0 Å². The van der Waals surface area contributed by atoms with Crippen molar-refractivity contribution in [3.05, 3.63) is 0 Å². The van der Waals surface area contributed by atoms with Gasteiger partial charge in [-0.2, -0.15) is 0 Å². The van der Waals surface area contributed by atoms with Crippen LogP contribution < -0.4 is 62.7 Å². The van der Waals surface area contributed by atoms with Gasteiger partial charge in [0.1, 0.15) is 0 Å². The van der Waals surface area contributed by atoms with Gasteiger partial charge in [0, 0.05) is 20.4 Å². The monoisotopic (exact) mass is 456 g/mol. The van der Waals surface area contributed by atoms with Crippen LogP contribution in [0.3, 0.4) is 0 Å². The summed E-state index contributed by atoms with van der Waals surface area (Å²) in [5.41, 5.74) is 0. The minimum atomic E-state index is -4.01. The molecule has 0 aromatic carbocycles. The van der Waals surface area contributed by atoms with Crippen molar-refractivity contribution < 1.29 is 83.2 Å². The molecule has 0 N–H and O–H groups in total. The van der Waals surface area contributed by atoms with E-state index >= 15 is 0 Å². The molecule has 0 fully saturated rings. The van der Waals surface area contributed by atoms with Gasteiger partial charge in [0.15, 0.2) is 0 Å². The van der Waals surface area contributed by atoms with Crippen molar-refractivity contribution in [3.8, 4) is 0 Å². The van der Waals surface area contributed by atoms with E-state index in [1.807, 2.05) is 0 Å². The predicted molar refractivity (Wildman–Crippen MR) is 0 cm³/mol. The van der Waals surface area contributed by atoms with Gasteiger partial charge in [-0.25, -0.2) is 0 Å². The first-order valence-corrected chi connectivity index (χ1v) is 6.21. The zero-order chi connectivity index (χ0) is 7.15. The number of rotatable bonds is 0. The normalized spacial score (nSPS) is 8.00. The molecule has 0 bridgehead atoms. The quantitative estimate of drug-likeness (QED) is 0.262. The van der Waals surface area contributed by atoms with Crippen molar-refractivity contribution >= 4 is 0 Å². The van der Waals surface area contributed by atoms with Crippen LogP contribution in [0.4, 0.5) is 0 Å². The van der Waals surface area contributed by atoms with E-state index < -0.39 is 42.1 Å². The predicted octanol–water partition coefficient (Wildman–Crippen LogP) is -13.1. The van der Waals surface area contributed by atoms with Gasteiger partial charge in [-0.3, -0.25) is 0 Å². The van der Waals surface area contributed by atoms with Crippen LogP contribution in [-0.2, 0) is 20.4 Å². The Kier molecular flexibility index (Phi) is 23.9. The van der Waals surface area contributed by atoms with Crippen molar-refractivity contribution in [2.45, 2.75) is 0 Å². The molecule has 0 radical (unpaired) electrons. The third-order valence-electron chi connectivity index (χ3n) is 0. The molecule has 62 valence electrons. The molecule has 6 nitrogen and oxygen atoms in total. The first-order valence-electron chi connectivity index (χ1n) is 0.926. The summed E-state index contributed by atoms with van der Waals surface area (Å²) < 4.78 is 51.4. The van der Waals surface area contributed by atoms with E-state index in [-0.39, 0.29) is 20.4 Å². The van der Waals surface area contributed by atoms with Crippen molar-refractivity contribution in [1.82, 2.24) is 0 Å². The van der Waals surface area contributed by atoms with E-state index in [1.54, 1.807) is 0 Å². The summed E-state index contributed by atoms with van der Waals surface area (Å²) in [7, 11) is 0. The summed E-state index contributed by atoms with van der Waals surface area (Å²) >= 11 is -8.03. The standard InChI is InChI=1S/2IO3.Pd/c2*2-1(3)4;/q2*-1;. The largest absolute Gasteiger partial charge is 0.427 e. The molecule has 0 atom stereocenters. The van der Waals surface area contributed by atoms with Gasteiger partial charge in [-0.1, -0.05) is 0 Å². The van der Waals surface area contributed by atoms with Gasteiger partial charge < -0.3 is 20.6 Å². The summed E-state index contributed by atoms with van der Waals surface area (Å²) in [4.78, 5) is 0. The summed E-state index contributed by atoms with van der Waals surface area (Å²) in [6.45, 7) is 0. The second-order valence-electron chi connectivity index (χ2n) is 0.378. The third kappa shape index (κ3) is 173. The SMILES string of the molecule is [O-][I+2]([O-])[O-].[O-][I+2]([O-])[O-].[Pd]. The van der Waals surface area contributed by atoms with Crippen molar-refractivity contribution in [3.63, 3.8) is 0 Å². The minimum Gasteiger partial charge on any atom is -0.427 e. The van der Waals surface area contributed by atoms with Crippen LogP contribution >= 0.6 is 0 Å². The van der Waals surface area contributed by atoms with Crippen LogP contribution in [0.25, 0.3) is 0 Å². The van der Waals surface area contributed by atoms with Gasteiger partial charge in [0.25, 0.3) is 42.1 Å². The molecular formula is I2O6Pd-2. The molecule has 9 heavy (non-hydrogen) atoms. The topological polar surface area (TPSA) is 138 Å². The number of hydrogen-bond acceptors (Lipinski definition) is 6. The molecular weight excluding hydrogens is 456 g/mol. The van der Waals surface area contributed by atoms with Crippen LogP contribution in [-0.4, -0.2) is 0 Å². The van der Waals surface area contributed by atoms with E-state index in [1.165, 1.54) is 0 Å². The molecule has 0 aromatic heterocycles. The molecule has 0 aliphatic rings. The Morgan fingerprint density at radius 3 is 0.556 bits per heavy atom. The zero-order valence-electron chi connectivity index (χ0n) is 3.52. The second kappa shape index (κ2) is 12.5. The van der Waals surface area contributed by atoms with Crippen molar-refractivity contribution in [2.24, 2.45) is 0 Å². The molecule has 0 amide bonds. The molecule has 0 spiro atoms. The summed E-state index contributed by atoms with van der Waals surface area (Å²) in [6, 6.07) is 0. The Bertz CT molecular complexity index is 26.5. The number of halogens is 2. The first-order chi connectivity index (χ1) is 3.46. The Balaban J connectivity index is -0.0000000720. The molecule has 0 unspecified atom stereocenters. The van der Waals surface area contributed by atoms with E-state index in [9.17, 15) is 0 Å². The summed E-state index contributed by atoms with van der Waals surface area (Å²) in [5, 5.41) is 0. The van der Waals surface area contributed by atoms with Crippen molar-refractivity contribution in [1.29, 1.82) is 0 Å². The fourth-order valence-electron chi connectivity index (χ4n) is 0. The molecule has 0 heterocycles. The molecule has 0 aliphatic carbocycles. The van der Waals surface area contributed by atoms with Gasteiger partial charge in [0.05, 0.1) is 0 Å². The molecule has 9 heteroatoms. The summed E-state index contributed by atoms with van der Waals surface area (Å²) in [6.07, 6.45) is 0. The van der Waals surface area contributed by atoms with Crippen LogP contribution in [0, 0.1) is 0 Å². The Hall–Kier alpha value is 1.88. The van der Waals surface area contributed by atoms with Crippen molar-refractivity contribution in [2.75, 3.05) is 0 Å². The molecule has 0 saturated carbocycles. The Morgan fingerprint density at radius 2 is 0.556 bits per heavy atom. The molecule has 0 rings (SSSR count). The van der Waals surface area contributed by atoms with Crippen LogP contribution in [0.2, 0.25) is 0 Å². The van der Waals surface area contributed by atoms with E-state index in [0.29, 0.717) is 0 Å². The van der Waals surface area contributed by atoms with E-state index in [4.69, 9.17) is 20.6 Å². The summed E-state index contributed by atoms with van der Waals surface area (Å²) in [5.74, 6) is 0. The van der Waals surface area contributed by atoms with Gasteiger partial charge in [-0.15, -0.1) is 0 Å². The van der Waals surface area contributed by atoms with E-state index in [2.05, 4.69) is 0 Å². The van der Waals surface area contributed by atoms with Gasteiger partial charge in [-0.05, 0) is 0 Å². The average molecular weight is 456 g/mol. The Labute approximate surface area is 82.3 Å². The third-order valence-corrected chi connectivity index (χ3v) is 0. The van der Waals surface area contributed by atoms with Crippen LogP contribution in [0.5, 0.6) is 0 Å². The zero-order valence-corrected chi connectivity index (χ0v) is 9.39. The molecule has 0 aromatic rings. The van der Waals surface area contributed by atoms with Gasteiger partial charge in [0.2, 0.25) is 0 Å². The fraction of sp³-hybridized carbons (Fsp3) is 0. The second-order valence-corrected chi connectivity index (χ2v) is 2.54. The smallest absolute Gasteiger partial charge is 0.282 e. The fourth-order valence-corrected chi connectivity index (χ4v) is 0. The minimum absolute atomic E-state index is 0. The maximum absolute atomic E-state index is 8.57. The Morgan fingerprint density at radius 1 is 0.556 bits per heavy atom. The molecule has 0 aliphatic heterocycles. The maximum Gasteiger partial charge on any atom is 0.282 e. The van der Waals surface area contributed by atoms with Crippen LogP contribution in [0.1, 0.15) is 0 Å². The van der Waals surface area contributed by atoms with Gasteiger partial charge >= 0.3 is 0 Å². The first kappa shape index (κ1) is 17.1. The maximum atomic E-state index is 8.57. The number of hydrogen-bond donors (Lipinski definition) is 0.